The zero-order valence-electron chi connectivity index (χ0n) is 17.1. The predicted octanol–water partition coefficient (Wildman–Crippen LogP) is 3.63. The Kier molecular flexibility index (Phi) is 4.85. The van der Waals surface area contributed by atoms with Gasteiger partial charge in [0.1, 0.15) is 0 Å². The van der Waals surface area contributed by atoms with E-state index in [0.717, 1.165) is 65.9 Å². The van der Waals surface area contributed by atoms with Crippen LogP contribution in [-0.2, 0) is 4.79 Å². The van der Waals surface area contributed by atoms with Crippen LogP contribution in [0, 0.1) is 0 Å². The summed E-state index contributed by atoms with van der Waals surface area (Å²) in [6.45, 7) is 7.46. The second kappa shape index (κ2) is 7.67. The van der Waals surface area contributed by atoms with Crippen molar-refractivity contribution >= 4 is 28.2 Å². The Hall–Kier alpha value is -3.02. The van der Waals surface area contributed by atoms with Crippen molar-refractivity contribution in [3.63, 3.8) is 0 Å². The van der Waals surface area contributed by atoms with Crippen LogP contribution in [0.25, 0.3) is 21.9 Å². The largest absolute Gasteiger partial charge is 0.324 e. The van der Waals surface area contributed by atoms with Crippen LogP contribution in [0.2, 0.25) is 0 Å². The van der Waals surface area contributed by atoms with Crippen molar-refractivity contribution in [2.45, 2.75) is 6.92 Å². The predicted molar refractivity (Wildman–Crippen MR) is 120 cm³/mol. The van der Waals surface area contributed by atoms with Crippen molar-refractivity contribution in [3.8, 4) is 11.1 Å². The van der Waals surface area contributed by atoms with Crippen molar-refractivity contribution in [1.29, 1.82) is 0 Å². The van der Waals surface area contributed by atoms with Gasteiger partial charge in [-0.05, 0) is 23.7 Å². The third-order valence-corrected chi connectivity index (χ3v) is 6.30. The van der Waals surface area contributed by atoms with Crippen LogP contribution in [0.4, 0.5) is 5.69 Å². The molecule has 3 aromatic carbocycles. The van der Waals surface area contributed by atoms with E-state index in [9.17, 15) is 9.59 Å². The molecule has 5 rings (SSSR count). The molecule has 0 spiro atoms. The minimum atomic E-state index is -0.0109. The molecule has 0 atom stereocenters. The second-order valence-corrected chi connectivity index (χ2v) is 8.02. The fourth-order valence-corrected chi connectivity index (χ4v) is 4.65. The maximum absolute atomic E-state index is 13.0. The number of carbonyl (C=O) groups excluding carboxylic acids is 2. The molecule has 0 radical (unpaired) electrons. The lowest BCUT2D eigenvalue weighted by atomic mass is 9.82. The zero-order chi connectivity index (χ0) is 20.7. The Morgan fingerprint density at radius 3 is 2.30 bits per heavy atom. The topological polar surface area (TPSA) is 52.6 Å². The molecule has 5 nitrogen and oxygen atoms in total. The maximum Gasteiger partial charge on any atom is 0.238 e. The van der Waals surface area contributed by atoms with Crippen molar-refractivity contribution < 1.29 is 9.59 Å². The van der Waals surface area contributed by atoms with Crippen molar-refractivity contribution in [1.82, 2.24) is 9.80 Å². The van der Waals surface area contributed by atoms with Crippen LogP contribution in [0.15, 0.2) is 54.6 Å². The van der Waals surface area contributed by atoms with E-state index in [0.29, 0.717) is 12.1 Å². The molecule has 3 aromatic rings. The number of nitrogens with zero attached hydrogens (tertiary/aromatic N) is 2. The number of anilines is 1. The summed E-state index contributed by atoms with van der Waals surface area (Å²) in [6, 6.07) is 17.5. The minimum Gasteiger partial charge on any atom is -0.324 e. The van der Waals surface area contributed by atoms with Crippen molar-refractivity contribution in [2.24, 2.45) is 0 Å². The molecule has 1 N–H and O–H groups in total. The molecule has 1 amide bonds. The van der Waals surface area contributed by atoms with Gasteiger partial charge in [-0.1, -0.05) is 55.5 Å². The highest BCUT2D eigenvalue weighted by Crippen LogP contribution is 2.41. The average Bonchev–Trinajstić information content (AvgIpc) is 2.78. The van der Waals surface area contributed by atoms with Crippen LogP contribution >= 0.6 is 0 Å². The lowest BCUT2D eigenvalue weighted by Crippen LogP contribution is -2.48. The normalized spacial score (nSPS) is 16.5. The highest BCUT2D eigenvalue weighted by Gasteiger charge is 2.26. The van der Waals surface area contributed by atoms with Crippen molar-refractivity contribution in [2.75, 3.05) is 44.6 Å². The number of carbonyl (C=O) groups is 2. The molecule has 1 fully saturated rings. The van der Waals surface area contributed by atoms with Gasteiger partial charge in [0.15, 0.2) is 5.78 Å². The summed E-state index contributed by atoms with van der Waals surface area (Å²) in [7, 11) is 0. The molecule has 0 aromatic heterocycles. The van der Waals surface area contributed by atoms with Crippen LogP contribution in [0.1, 0.15) is 22.8 Å². The Balaban J connectivity index is 1.44. The standard InChI is InChI=1S/C25H25N3O2/c1-2-27-12-14-28(15-13-27)16-23(29)26-22-11-10-18-17-6-3-4-7-19(17)25(30)21-9-5-8-20(22)24(18)21/h3-11H,2,12-16H2,1H3,(H,26,29). The summed E-state index contributed by atoms with van der Waals surface area (Å²) in [5.41, 5.74) is 4.20. The minimum absolute atomic E-state index is 0.0109. The van der Waals surface area contributed by atoms with Crippen LogP contribution in [0.3, 0.4) is 0 Å². The summed E-state index contributed by atoms with van der Waals surface area (Å²) < 4.78 is 0. The summed E-state index contributed by atoms with van der Waals surface area (Å²) in [5, 5.41) is 4.93. The average molecular weight is 399 g/mol. The van der Waals surface area contributed by atoms with E-state index in [4.69, 9.17) is 0 Å². The van der Waals surface area contributed by atoms with Gasteiger partial charge in [-0.2, -0.15) is 0 Å². The lowest BCUT2D eigenvalue weighted by Gasteiger charge is -2.33. The first-order chi connectivity index (χ1) is 14.7. The first-order valence-electron chi connectivity index (χ1n) is 10.6. The Morgan fingerprint density at radius 1 is 0.833 bits per heavy atom. The molecule has 0 bridgehead atoms. The number of piperazine rings is 1. The monoisotopic (exact) mass is 399 g/mol. The van der Waals surface area contributed by atoms with Gasteiger partial charge >= 0.3 is 0 Å². The molecule has 1 saturated heterocycles. The lowest BCUT2D eigenvalue weighted by molar-refractivity contribution is -0.117. The molecule has 1 aliphatic heterocycles. The number of fused-ring (bicyclic) bond motifs is 2. The number of benzene rings is 3. The number of amides is 1. The van der Waals surface area contributed by atoms with E-state index >= 15 is 0 Å². The molecular formula is C25H25N3O2. The Labute approximate surface area is 176 Å². The van der Waals surface area contributed by atoms with Crippen LogP contribution < -0.4 is 5.32 Å². The molecule has 0 unspecified atom stereocenters. The smallest absolute Gasteiger partial charge is 0.238 e. The molecule has 152 valence electrons. The summed E-state index contributed by atoms with van der Waals surface area (Å²) in [5.74, 6) is 0.0316. The van der Waals surface area contributed by atoms with Crippen LogP contribution in [0.5, 0.6) is 0 Å². The van der Waals surface area contributed by atoms with E-state index in [2.05, 4.69) is 22.0 Å². The van der Waals surface area contributed by atoms with E-state index in [1.54, 1.807) is 0 Å². The highest BCUT2D eigenvalue weighted by atomic mass is 16.2. The summed E-state index contributed by atoms with van der Waals surface area (Å²) in [4.78, 5) is 30.4. The fourth-order valence-electron chi connectivity index (χ4n) is 4.65. The quantitative estimate of drug-likeness (QED) is 0.569. The van der Waals surface area contributed by atoms with E-state index in [-0.39, 0.29) is 11.7 Å². The van der Waals surface area contributed by atoms with Crippen molar-refractivity contribution in [3.05, 3.63) is 65.7 Å². The summed E-state index contributed by atoms with van der Waals surface area (Å²) >= 11 is 0. The number of nitrogens with one attached hydrogen (secondary N) is 1. The van der Waals surface area contributed by atoms with Gasteiger partial charge in [-0.15, -0.1) is 0 Å². The van der Waals surface area contributed by atoms with Gasteiger partial charge in [0.2, 0.25) is 5.91 Å². The zero-order valence-corrected chi connectivity index (χ0v) is 17.1. The molecule has 5 heteroatoms. The Morgan fingerprint density at radius 2 is 1.53 bits per heavy atom. The van der Waals surface area contributed by atoms with Gasteiger partial charge in [0.25, 0.3) is 0 Å². The third-order valence-electron chi connectivity index (χ3n) is 6.30. The van der Waals surface area contributed by atoms with Gasteiger partial charge in [0, 0.05) is 53.8 Å². The number of likely N-dealkylation sites (N-methyl/N-ethyl adjacent to an activating group) is 1. The van der Waals surface area contributed by atoms with Crippen LogP contribution in [-0.4, -0.2) is 60.8 Å². The number of ketones is 1. The van der Waals surface area contributed by atoms with E-state index in [1.807, 2.05) is 54.6 Å². The van der Waals surface area contributed by atoms with Gasteiger partial charge in [-0.25, -0.2) is 0 Å². The van der Waals surface area contributed by atoms with Gasteiger partial charge < -0.3 is 10.2 Å². The van der Waals surface area contributed by atoms with E-state index in [1.165, 1.54) is 0 Å². The molecule has 2 aliphatic rings. The second-order valence-electron chi connectivity index (χ2n) is 8.02. The Bertz CT molecular complexity index is 1150. The molecule has 1 heterocycles. The first kappa shape index (κ1) is 19.0. The highest BCUT2D eigenvalue weighted by molar-refractivity contribution is 6.27. The molecule has 1 aliphatic carbocycles. The SMILES string of the molecule is CCN1CCN(CC(=O)Nc2ccc3c4c(cccc24)C(=O)c2ccccc2-3)CC1. The molecule has 30 heavy (non-hydrogen) atoms. The molecule has 0 saturated carbocycles. The summed E-state index contributed by atoms with van der Waals surface area (Å²) in [6.07, 6.45) is 0. The third kappa shape index (κ3) is 3.20. The fraction of sp³-hybridized carbons (Fsp3) is 0.280. The van der Waals surface area contributed by atoms with E-state index < -0.39 is 0 Å². The number of hydrogen-bond acceptors (Lipinski definition) is 4. The first-order valence-corrected chi connectivity index (χ1v) is 10.6. The van der Waals surface area contributed by atoms with Gasteiger partial charge in [0.05, 0.1) is 6.54 Å². The molecular weight excluding hydrogens is 374 g/mol. The number of hydrogen-bond donors (Lipinski definition) is 1. The van der Waals surface area contributed by atoms with Gasteiger partial charge in [-0.3, -0.25) is 14.5 Å². The maximum atomic E-state index is 13.0. The number of rotatable bonds is 4.